The maximum Gasteiger partial charge on any atom is 0.271 e. The molecular formula is C16H21N5O3. The molecule has 1 aromatic carbocycles. The lowest BCUT2D eigenvalue weighted by Gasteiger charge is -2.16. The highest BCUT2D eigenvalue weighted by Crippen LogP contribution is 2.32. The van der Waals surface area contributed by atoms with Gasteiger partial charge in [0.15, 0.2) is 17.2 Å². The number of carbonyl (C=O) groups is 1. The first kappa shape index (κ1) is 16.3. The van der Waals surface area contributed by atoms with Crippen LogP contribution in [0.1, 0.15) is 23.3 Å². The van der Waals surface area contributed by atoms with Crippen molar-refractivity contribution in [2.75, 3.05) is 33.4 Å². The third kappa shape index (κ3) is 3.48. The average Bonchev–Trinajstić information content (AvgIpc) is 3.26. The summed E-state index contributed by atoms with van der Waals surface area (Å²) < 4.78 is 11.2. The number of aromatic amines is 1. The number of primary amides is 1. The summed E-state index contributed by atoms with van der Waals surface area (Å²) in [6.45, 7) is 3.79. The van der Waals surface area contributed by atoms with Crippen LogP contribution in [0, 0.1) is 0 Å². The minimum absolute atomic E-state index is 0.0970. The molecule has 0 saturated carbocycles. The summed E-state index contributed by atoms with van der Waals surface area (Å²) in [5.41, 5.74) is 6.47. The molecule has 0 spiro atoms. The van der Waals surface area contributed by atoms with Crippen LogP contribution in [0.5, 0.6) is 11.5 Å². The summed E-state index contributed by atoms with van der Waals surface area (Å²) in [5, 5.41) is 10.2. The van der Waals surface area contributed by atoms with Crippen LogP contribution in [-0.4, -0.2) is 59.6 Å². The molecule has 0 unspecified atom stereocenters. The van der Waals surface area contributed by atoms with E-state index >= 15 is 0 Å². The standard InChI is InChI=1S/C16H21N5O3/c1-23-13-10-11(14-15(16(17)22)19-20-18-14)4-5-12(13)24-9-8-21-6-2-3-7-21/h4-5,10H,2-3,6-9H2,1H3,(H2,17,22)(H,18,19,20). The smallest absolute Gasteiger partial charge is 0.271 e. The molecule has 128 valence electrons. The lowest BCUT2D eigenvalue weighted by molar-refractivity contribution is 0.0996. The van der Waals surface area contributed by atoms with E-state index in [4.69, 9.17) is 15.2 Å². The third-order valence-electron chi connectivity index (χ3n) is 4.08. The van der Waals surface area contributed by atoms with Gasteiger partial charge >= 0.3 is 0 Å². The Morgan fingerprint density at radius 2 is 2.08 bits per heavy atom. The molecule has 1 saturated heterocycles. The summed E-state index contributed by atoms with van der Waals surface area (Å²) in [4.78, 5) is 13.8. The van der Waals surface area contributed by atoms with Gasteiger partial charge in [-0.1, -0.05) is 0 Å². The summed E-state index contributed by atoms with van der Waals surface area (Å²) in [5.74, 6) is 0.598. The number of ether oxygens (including phenoxy) is 2. The molecule has 0 radical (unpaired) electrons. The first-order valence-electron chi connectivity index (χ1n) is 7.93. The molecule has 2 aromatic rings. The van der Waals surface area contributed by atoms with Crippen molar-refractivity contribution in [3.8, 4) is 22.8 Å². The SMILES string of the molecule is COc1cc(-c2n[nH]nc2C(N)=O)ccc1OCCN1CCCC1. The van der Waals surface area contributed by atoms with E-state index in [0.29, 0.717) is 29.4 Å². The predicted octanol–water partition coefficient (Wildman–Crippen LogP) is 1.05. The summed E-state index contributed by atoms with van der Waals surface area (Å²) in [6.07, 6.45) is 2.52. The first-order valence-corrected chi connectivity index (χ1v) is 7.93. The van der Waals surface area contributed by atoms with Crippen molar-refractivity contribution >= 4 is 5.91 Å². The predicted molar refractivity (Wildman–Crippen MR) is 88.1 cm³/mol. The van der Waals surface area contributed by atoms with E-state index in [0.717, 1.165) is 19.6 Å². The largest absolute Gasteiger partial charge is 0.493 e. The number of aromatic nitrogens is 3. The molecule has 8 heteroatoms. The van der Waals surface area contributed by atoms with Crippen LogP contribution in [-0.2, 0) is 0 Å². The van der Waals surface area contributed by atoms with Crippen molar-refractivity contribution in [2.24, 2.45) is 5.73 Å². The fourth-order valence-electron chi connectivity index (χ4n) is 2.83. The van der Waals surface area contributed by atoms with Crippen LogP contribution in [0.3, 0.4) is 0 Å². The van der Waals surface area contributed by atoms with Crippen LogP contribution < -0.4 is 15.2 Å². The Balaban J connectivity index is 1.72. The van der Waals surface area contributed by atoms with Gasteiger partial charge < -0.3 is 15.2 Å². The molecule has 2 heterocycles. The molecule has 3 rings (SSSR count). The minimum Gasteiger partial charge on any atom is -0.493 e. The van der Waals surface area contributed by atoms with Gasteiger partial charge in [0.1, 0.15) is 12.3 Å². The third-order valence-corrected chi connectivity index (χ3v) is 4.08. The fourth-order valence-corrected chi connectivity index (χ4v) is 2.83. The fraction of sp³-hybridized carbons (Fsp3) is 0.438. The second-order valence-electron chi connectivity index (χ2n) is 5.65. The summed E-state index contributed by atoms with van der Waals surface area (Å²) in [7, 11) is 1.57. The van der Waals surface area contributed by atoms with Crippen molar-refractivity contribution in [1.29, 1.82) is 0 Å². The summed E-state index contributed by atoms with van der Waals surface area (Å²) >= 11 is 0. The molecule has 0 bridgehead atoms. The highest BCUT2D eigenvalue weighted by atomic mass is 16.5. The number of carbonyl (C=O) groups excluding carboxylic acids is 1. The molecule has 1 aromatic heterocycles. The first-order chi connectivity index (χ1) is 11.7. The number of nitrogens with two attached hydrogens (primary N) is 1. The van der Waals surface area contributed by atoms with Gasteiger partial charge in [-0.3, -0.25) is 9.69 Å². The van der Waals surface area contributed by atoms with E-state index in [1.807, 2.05) is 0 Å². The van der Waals surface area contributed by atoms with Crippen molar-refractivity contribution < 1.29 is 14.3 Å². The minimum atomic E-state index is -0.636. The molecule has 8 nitrogen and oxygen atoms in total. The molecule has 1 aliphatic rings. The Morgan fingerprint density at radius 3 is 2.79 bits per heavy atom. The second-order valence-corrected chi connectivity index (χ2v) is 5.65. The normalized spacial score (nSPS) is 14.7. The molecule has 0 atom stereocenters. The lowest BCUT2D eigenvalue weighted by atomic mass is 10.1. The van der Waals surface area contributed by atoms with Crippen molar-refractivity contribution in [3.05, 3.63) is 23.9 Å². The van der Waals surface area contributed by atoms with E-state index < -0.39 is 5.91 Å². The van der Waals surface area contributed by atoms with Gasteiger partial charge in [0.2, 0.25) is 0 Å². The number of H-pyrrole nitrogens is 1. The van der Waals surface area contributed by atoms with E-state index in [-0.39, 0.29) is 5.69 Å². The highest BCUT2D eigenvalue weighted by molar-refractivity contribution is 5.96. The zero-order valence-electron chi connectivity index (χ0n) is 13.6. The topological polar surface area (TPSA) is 106 Å². The van der Waals surface area contributed by atoms with Gasteiger partial charge in [-0.15, -0.1) is 0 Å². The van der Waals surface area contributed by atoms with Gasteiger partial charge in [-0.05, 0) is 44.1 Å². The zero-order chi connectivity index (χ0) is 16.9. The molecule has 1 aliphatic heterocycles. The number of amides is 1. The Morgan fingerprint density at radius 1 is 1.29 bits per heavy atom. The number of benzene rings is 1. The monoisotopic (exact) mass is 331 g/mol. The van der Waals surface area contributed by atoms with Crippen molar-refractivity contribution in [2.45, 2.75) is 12.8 Å². The number of rotatable bonds is 7. The maximum atomic E-state index is 11.4. The average molecular weight is 331 g/mol. The molecule has 24 heavy (non-hydrogen) atoms. The van der Waals surface area contributed by atoms with Crippen molar-refractivity contribution in [1.82, 2.24) is 20.3 Å². The van der Waals surface area contributed by atoms with Gasteiger partial charge in [-0.25, -0.2) is 0 Å². The van der Waals surface area contributed by atoms with Gasteiger partial charge in [0.05, 0.1) is 7.11 Å². The molecule has 0 aliphatic carbocycles. The number of nitrogens with one attached hydrogen (secondary N) is 1. The van der Waals surface area contributed by atoms with E-state index in [1.165, 1.54) is 12.8 Å². The number of nitrogens with zero attached hydrogens (tertiary/aromatic N) is 3. The molecule has 1 amide bonds. The Hall–Kier alpha value is -2.61. The van der Waals surface area contributed by atoms with Crippen LogP contribution in [0.2, 0.25) is 0 Å². The zero-order valence-corrected chi connectivity index (χ0v) is 13.6. The van der Waals surface area contributed by atoms with Crippen LogP contribution >= 0.6 is 0 Å². The molecular weight excluding hydrogens is 310 g/mol. The number of hydrogen-bond acceptors (Lipinski definition) is 6. The highest BCUT2D eigenvalue weighted by Gasteiger charge is 2.17. The second kappa shape index (κ2) is 7.31. The Labute approximate surface area is 139 Å². The molecule has 1 fully saturated rings. The number of hydrogen-bond donors (Lipinski definition) is 2. The lowest BCUT2D eigenvalue weighted by Crippen LogP contribution is -2.25. The van der Waals surface area contributed by atoms with Gasteiger partial charge in [0.25, 0.3) is 5.91 Å². The van der Waals surface area contributed by atoms with E-state index in [1.54, 1.807) is 25.3 Å². The van der Waals surface area contributed by atoms with E-state index in [9.17, 15) is 4.79 Å². The molecule has 3 N–H and O–H groups in total. The van der Waals surface area contributed by atoms with E-state index in [2.05, 4.69) is 20.3 Å². The number of methoxy groups -OCH3 is 1. The summed E-state index contributed by atoms with van der Waals surface area (Å²) in [6, 6.07) is 5.37. The van der Waals surface area contributed by atoms with Crippen molar-refractivity contribution in [3.63, 3.8) is 0 Å². The van der Waals surface area contributed by atoms with Gasteiger partial charge in [0, 0.05) is 12.1 Å². The Bertz CT molecular complexity index is 709. The van der Waals surface area contributed by atoms with Gasteiger partial charge in [-0.2, -0.15) is 15.4 Å². The van der Waals surface area contributed by atoms with Crippen LogP contribution in [0.4, 0.5) is 0 Å². The maximum absolute atomic E-state index is 11.4. The van der Waals surface area contributed by atoms with Crippen LogP contribution in [0.25, 0.3) is 11.3 Å². The Kier molecular flexibility index (Phi) is 4.95. The quantitative estimate of drug-likeness (QED) is 0.785. The van der Waals surface area contributed by atoms with Crippen LogP contribution in [0.15, 0.2) is 18.2 Å². The number of likely N-dealkylation sites (tertiary alicyclic amines) is 1.